The van der Waals surface area contributed by atoms with Crippen molar-refractivity contribution in [2.24, 2.45) is 0 Å². The van der Waals surface area contributed by atoms with Crippen LogP contribution in [0.5, 0.6) is 0 Å². The topological polar surface area (TPSA) is 53.1 Å². The Balaban J connectivity index is 1.48. The molecule has 2 heterocycles. The number of benzene rings is 1. The minimum Gasteiger partial charge on any atom is -0.378 e. The number of piperazine rings is 1. The van der Waals surface area contributed by atoms with Crippen LogP contribution in [0.25, 0.3) is 0 Å². The van der Waals surface area contributed by atoms with E-state index in [0.717, 1.165) is 18.8 Å². The van der Waals surface area contributed by atoms with Gasteiger partial charge in [-0.1, -0.05) is 0 Å². The summed E-state index contributed by atoms with van der Waals surface area (Å²) in [4.78, 5) is 30.3. The summed E-state index contributed by atoms with van der Waals surface area (Å²) in [6.07, 6.45) is 0. The molecule has 0 unspecified atom stereocenters. The molecular weight excluding hydrogens is 325 g/mol. The average Bonchev–Trinajstić information content (AvgIpc) is 2.67. The molecule has 0 aliphatic carbocycles. The summed E-state index contributed by atoms with van der Waals surface area (Å²) in [6.45, 7) is 5.24. The fourth-order valence-corrected chi connectivity index (χ4v) is 3.58. The summed E-state index contributed by atoms with van der Waals surface area (Å²) in [5.41, 5.74) is 1.34. The van der Waals surface area contributed by atoms with Gasteiger partial charge in [-0.05, 0) is 24.3 Å². The second-order valence-corrected chi connectivity index (χ2v) is 6.41. The number of ether oxygens (including phenoxy) is 1. The Kier molecular flexibility index (Phi) is 4.17. The Morgan fingerprint density at radius 1 is 0.720 bits per heavy atom. The third-order valence-corrected chi connectivity index (χ3v) is 4.98. The number of nitrogens with zero attached hydrogens (tertiary/aromatic N) is 3. The first-order chi connectivity index (χ1) is 12.1. The molecule has 2 aromatic carbocycles. The zero-order valence-corrected chi connectivity index (χ0v) is 13.9. The standard InChI is InChI=1S/C18H20FN3O3/c19-13-1-3-14(4-2-13)20-5-7-21(8-6-20)15-16(18(24)17(15)23)22-9-11-25-12-10-22/h1-4H,5-12H2. The van der Waals surface area contributed by atoms with Gasteiger partial charge in [0.1, 0.15) is 17.2 Å². The van der Waals surface area contributed by atoms with Gasteiger partial charge >= 0.3 is 0 Å². The maximum absolute atomic E-state index is 13.1. The normalized spacial score (nSPS) is 18.8. The molecule has 4 rings (SSSR count). The Bertz CT molecular complexity index is 815. The second kappa shape index (κ2) is 6.48. The van der Waals surface area contributed by atoms with Crippen molar-refractivity contribution in [2.45, 2.75) is 0 Å². The van der Waals surface area contributed by atoms with E-state index in [1.807, 2.05) is 9.80 Å². The van der Waals surface area contributed by atoms with Crippen LogP contribution in [0.3, 0.4) is 0 Å². The Morgan fingerprint density at radius 3 is 1.76 bits per heavy atom. The molecule has 0 atom stereocenters. The zero-order valence-electron chi connectivity index (χ0n) is 13.9. The summed E-state index contributed by atoms with van der Waals surface area (Å²) in [5.74, 6) is -0.249. The number of halogens is 1. The van der Waals surface area contributed by atoms with Crippen LogP contribution in [-0.2, 0) is 4.74 Å². The SMILES string of the molecule is O=c1c(N2CCOCC2)c(N2CCN(c3ccc(F)cc3)CC2)c1=O. The van der Waals surface area contributed by atoms with Crippen molar-refractivity contribution in [1.29, 1.82) is 0 Å². The summed E-state index contributed by atoms with van der Waals surface area (Å²) in [6, 6.07) is 6.44. The van der Waals surface area contributed by atoms with Crippen molar-refractivity contribution < 1.29 is 9.13 Å². The van der Waals surface area contributed by atoms with E-state index >= 15 is 0 Å². The molecule has 0 aromatic heterocycles. The van der Waals surface area contributed by atoms with Gasteiger partial charge in [0.05, 0.1) is 13.2 Å². The largest absolute Gasteiger partial charge is 0.378 e. The predicted molar refractivity (Wildman–Crippen MR) is 95.2 cm³/mol. The van der Waals surface area contributed by atoms with Crippen LogP contribution in [0, 0.1) is 5.82 Å². The molecular formula is C18H20FN3O3. The highest BCUT2D eigenvalue weighted by Crippen LogP contribution is 2.27. The van der Waals surface area contributed by atoms with Crippen LogP contribution in [0.1, 0.15) is 0 Å². The smallest absolute Gasteiger partial charge is 0.253 e. The molecule has 2 aliphatic heterocycles. The quantitative estimate of drug-likeness (QED) is 0.759. The fourth-order valence-electron chi connectivity index (χ4n) is 3.58. The highest BCUT2D eigenvalue weighted by Gasteiger charge is 2.32. The van der Waals surface area contributed by atoms with Crippen LogP contribution in [0.2, 0.25) is 0 Å². The molecule has 2 aromatic rings. The summed E-state index contributed by atoms with van der Waals surface area (Å²) >= 11 is 0. The highest BCUT2D eigenvalue weighted by atomic mass is 19.1. The lowest BCUT2D eigenvalue weighted by molar-refractivity contribution is 0.122. The molecule has 7 heteroatoms. The van der Waals surface area contributed by atoms with E-state index < -0.39 is 0 Å². The minimum atomic E-state index is -0.378. The van der Waals surface area contributed by atoms with Gasteiger partial charge in [-0.15, -0.1) is 0 Å². The molecule has 0 N–H and O–H groups in total. The Hall–Kier alpha value is -2.41. The van der Waals surface area contributed by atoms with Crippen molar-refractivity contribution in [3.05, 3.63) is 50.5 Å². The van der Waals surface area contributed by atoms with E-state index in [0.29, 0.717) is 50.8 Å². The van der Waals surface area contributed by atoms with Crippen molar-refractivity contribution in [3.8, 4) is 0 Å². The first kappa shape index (κ1) is 16.1. The number of hydrogen-bond acceptors (Lipinski definition) is 6. The molecule has 0 amide bonds. The van der Waals surface area contributed by atoms with Crippen molar-refractivity contribution in [2.75, 3.05) is 67.2 Å². The number of rotatable bonds is 3. The van der Waals surface area contributed by atoms with Crippen LogP contribution in [0.15, 0.2) is 33.9 Å². The van der Waals surface area contributed by atoms with Crippen molar-refractivity contribution in [1.82, 2.24) is 0 Å². The van der Waals surface area contributed by atoms with Crippen molar-refractivity contribution >= 4 is 17.1 Å². The molecule has 0 spiro atoms. The van der Waals surface area contributed by atoms with Gasteiger partial charge in [-0.2, -0.15) is 0 Å². The monoisotopic (exact) mass is 345 g/mol. The van der Waals surface area contributed by atoms with Gasteiger partial charge in [-0.25, -0.2) is 4.39 Å². The lowest BCUT2D eigenvalue weighted by Gasteiger charge is -2.40. The Labute approximate surface area is 144 Å². The molecule has 2 fully saturated rings. The van der Waals surface area contributed by atoms with Gasteiger partial charge in [-0.3, -0.25) is 9.59 Å². The molecule has 0 bridgehead atoms. The fraction of sp³-hybridized carbons (Fsp3) is 0.444. The lowest BCUT2D eigenvalue weighted by Crippen LogP contribution is -2.54. The minimum absolute atomic E-state index is 0.249. The van der Waals surface area contributed by atoms with E-state index in [2.05, 4.69) is 4.90 Å². The van der Waals surface area contributed by atoms with Gasteiger partial charge < -0.3 is 19.4 Å². The summed E-state index contributed by atoms with van der Waals surface area (Å²) < 4.78 is 18.4. The first-order valence-electron chi connectivity index (χ1n) is 8.56. The van der Waals surface area contributed by atoms with E-state index in [-0.39, 0.29) is 16.7 Å². The average molecular weight is 345 g/mol. The molecule has 6 nitrogen and oxygen atoms in total. The second-order valence-electron chi connectivity index (χ2n) is 6.41. The molecule has 2 aliphatic rings. The maximum atomic E-state index is 13.1. The summed E-state index contributed by atoms with van der Waals surface area (Å²) in [7, 11) is 0. The van der Waals surface area contributed by atoms with Crippen LogP contribution in [0.4, 0.5) is 21.5 Å². The van der Waals surface area contributed by atoms with Gasteiger partial charge in [0.2, 0.25) is 0 Å². The third-order valence-electron chi connectivity index (χ3n) is 4.98. The van der Waals surface area contributed by atoms with Crippen LogP contribution >= 0.6 is 0 Å². The number of anilines is 3. The molecule has 25 heavy (non-hydrogen) atoms. The van der Waals surface area contributed by atoms with Gasteiger partial charge in [0, 0.05) is 45.0 Å². The molecule has 0 saturated carbocycles. The summed E-state index contributed by atoms with van der Waals surface area (Å²) in [5, 5.41) is 0. The number of morpholine rings is 1. The first-order valence-corrected chi connectivity index (χ1v) is 8.56. The maximum Gasteiger partial charge on any atom is 0.253 e. The van der Waals surface area contributed by atoms with Gasteiger partial charge in [0.15, 0.2) is 0 Å². The van der Waals surface area contributed by atoms with E-state index in [1.54, 1.807) is 12.1 Å². The van der Waals surface area contributed by atoms with E-state index in [1.165, 1.54) is 12.1 Å². The predicted octanol–water partition coefficient (Wildman–Crippen LogP) is 0.585. The number of hydrogen-bond donors (Lipinski definition) is 0. The third kappa shape index (κ3) is 2.89. The van der Waals surface area contributed by atoms with E-state index in [9.17, 15) is 14.0 Å². The highest BCUT2D eigenvalue weighted by molar-refractivity contribution is 5.77. The molecule has 0 radical (unpaired) electrons. The van der Waals surface area contributed by atoms with E-state index in [4.69, 9.17) is 4.74 Å². The Morgan fingerprint density at radius 2 is 1.20 bits per heavy atom. The molecule has 132 valence electrons. The molecule has 2 saturated heterocycles. The van der Waals surface area contributed by atoms with Crippen molar-refractivity contribution in [3.63, 3.8) is 0 Å². The zero-order chi connectivity index (χ0) is 17.4. The van der Waals surface area contributed by atoms with Crippen LogP contribution < -0.4 is 25.6 Å². The van der Waals surface area contributed by atoms with Gasteiger partial charge in [0.25, 0.3) is 10.9 Å². The van der Waals surface area contributed by atoms with Crippen LogP contribution in [-0.4, -0.2) is 52.5 Å². The lowest BCUT2D eigenvalue weighted by atomic mass is 10.1.